The van der Waals surface area contributed by atoms with Crippen molar-refractivity contribution >= 4 is 18.0 Å². The van der Waals surface area contributed by atoms with Crippen LogP contribution in [0.5, 0.6) is 0 Å². The van der Waals surface area contributed by atoms with E-state index in [9.17, 15) is 0 Å². The van der Waals surface area contributed by atoms with E-state index in [1.165, 1.54) is 47.3 Å². The van der Waals surface area contributed by atoms with Crippen molar-refractivity contribution in [1.29, 1.82) is 0 Å². The molecule has 0 N–H and O–H groups in total. The zero-order valence-corrected chi connectivity index (χ0v) is 15.6. The number of aryl methyl sites for hydroxylation is 2. The zero-order chi connectivity index (χ0) is 16.0. The summed E-state index contributed by atoms with van der Waals surface area (Å²) in [5, 5.41) is 0. The molecule has 0 amide bonds. The molecule has 2 aromatic rings. The number of rotatable bonds is 2. The lowest BCUT2D eigenvalue weighted by atomic mass is 9.89. The Labute approximate surface area is 151 Å². The summed E-state index contributed by atoms with van der Waals surface area (Å²) in [7, 11) is 0. The standard InChI is InChI=1S/C22H25N.ClH/c1-4-23-12-11-19-21(14-23)18-10-7-16(3)13-20(18)22(19)17-8-5-15(2)6-9-17;/h5-10,13,21H,4,11-12,14H2,1-3H3;1H/t21-;/m1./s1. The molecule has 0 saturated carbocycles. The van der Waals surface area contributed by atoms with E-state index in [0.29, 0.717) is 5.92 Å². The normalized spacial score (nSPS) is 19.7. The molecule has 1 atom stereocenters. The van der Waals surface area contributed by atoms with Crippen molar-refractivity contribution in [2.24, 2.45) is 0 Å². The number of likely N-dealkylation sites (N-methyl/N-ethyl adjacent to an activating group) is 1. The molecule has 24 heavy (non-hydrogen) atoms. The van der Waals surface area contributed by atoms with E-state index in [1.54, 1.807) is 11.1 Å². The number of halogens is 1. The van der Waals surface area contributed by atoms with Gasteiger partial charge in [0.25, 0.3) is 0 Å². The topological polar surface area (TPSA) is 3.24 Å². The van der Waals surface area contributed by atoms with Gasteiger partial charge in [-0.2, -0.15) is 0 Å². The molecule has 0 radical (unpaired) electrons. The minimum Gasteiger partial charge on any atom is -0.302 e. The summed E-state index contributed by atoms with van der Waals surface area (Å²) in [5.41, 5.74) is 10.3. The van der Waals surface area contributed by atoms with Crippen molar-refractivity contribution in [2.45, 2.75) is 33.1 Å². The van der Waals surface area contributed by atoms with Gasteiger partial charge >= 0.3 is 0 Å². The van der Waals surface area contributed by atoms with Gasteiger partial charge in [-0.3, -0.25) is 0 Å². The summed E-state index contributed by atoms with van der Waals surface area (Å²) in [6.45, 7) is 10.2. The van der Waals surface area contributed by atoms with Crippen LogP contribution in [0.15, 0.2) is 48.0 Å². The van der Waals surface area contributed by atoms with Crippen molar-refractivity contribution in [3.8, 4) is 0 Å². The first-order valence-corrected chi connectivity index (χ1v) is 8.80. The van der Waals surface area contributed by atoms with E-state index < -0.39 is 0 Å². The predicted molar refractivity (Wildman–Crippen MR) is 105 cm³/mol. The molecule has 1 aliphatic carbocycles. The highest BCUT2D eigenvalue weighted by molar-refractivity contribution is 5.89. The van der Waals surface area contributed by atoms with Gasteiger partial charge in [-0.1, -0.05) is 66.1 Å². The molecule has 0 aromatic heterocycles. The van der Waals surface area contributed by atoms with Crippen LogP contribution in [0.25, 0.3) is 5.57 Å². The van der Waals surface area contributed by atoms with Gasteiger partial charge in [0.2, 0.25) is 0 Å². The van der Waals surface area contributed by atoms with Gasteiger partial charge in [0, 0.05) is 19.0 Å². The summed E-state index contributed by atoms with van der Waals surface area (Å²) in [6.07, 6.45) is 1.20. The van der Waals surface area contributed by atoms with E-state index in [1.807, 2.05) is 0 Å². The van der Waals surface area contributed by atoms with Gasteiger partial charge in [-0.25, -0.2) is 0 Å². The van der Waals surface area contributed by atoms with Crippen LogP contribution in [-0.4, -0.2) is 24.5 Å². The van der Waals surface area contributed by atoms with Crippen molar-refractivity contribution < 1.29 is 0 Å². The van der Waals surface area contributed by atoms with Crippen LogP contribution in [0.4, 0.5) is 0 Å². The molecule has 126 valence electrons. The third-order valence-electron chi connectivity index (χ3n) is 5.52. The molecular formula is C22H26ClN. The second-order valence-corrected chi connectivity index (χ2v) is 7.05. The number of likely N-dealkylation sites (tertiary alicyclic amines) is 1. The fourth-order valence-electron chi connectivity index (χ4n) is 4.21. The fraction of sp³-hybridized carbons (Fsp3) is 0.364. The van der Waals surface area contributed by atoms with Crippen LogP contribution >= 0.6 is 12.4 Å². The summed E-state index contributed by atoms with van der Waals surface area (Å²) >= 11 is 0. The number of fused-ring (bicyclic) bond motifs is 3. The second kappa shape index (κ2) is 6.74. The summed E-state index contributed by atoms with van der Waals surface area (Å²) in [4.78, 5) is 2.59. The van der Waals surface area contributed by atoms with Crippen molar-refractivity contribution in [3.63, 3.8) is 0 Å². The Morgan fingerprint density at radius 3 is 2.42 bits per heavy atom. The first kappa shape index (κ1) is 17.3. The molecule has 0 unspecified atom stereocenters. The van der Waals surface area contributed by atoms with Crippen LogP contribution in [-0.2, 0) is 0 Å². The molecule has 1 aliphatic heterocycles. The summed E-state index contributed by atoms with van der Waals surface area (Å²) in [5.74, 6) is 0.593. The van der Waals surface area contributed by atoms with Crippen LogP contribution in [0.3, 0.4) is 0 Å². The van der Waals surface area contributed by atoms with Crippen LogP contribution in [0.1, 0.15) is 47.1 Å². The Hall–Kier alpha value is -1.57. The van der Waals surface area contributed by atoms with Crippen LogP contribution in [0.2, 0.25) is 0 Å². The lowest BCUT2D eigenvalue weighted by Gasteiger charge is -2.32. The van der Waals surface area contributed by atoms with Crippen LogP contribution in [0, 0.1) is 13.8 Å². The largest absolute Gasteiger partial charge is 0.302 e. The minimum absolute atomic E-state index is 0. The van der Waals surface area contributed by atoms with E-state index in [0.717, 1.165) is 6.54 Å². The highest BCUT2D eigenvalue weighted by Crippen LogP contribution is 2.48. The van der Waals surface area contributed by atoms with E-state index in [-0.39, 0.29) is 12.4 Å². The van der Waals surface area contributed by atoms with Gasteiger partial charge in [0.1, 0.15) is 0 Å². The van der Waals surface area contributed by atoms with Gasteiger partial charge in [0.05, 0.1) is 0 Å². The molecule has 0 bridgehead atoms. The molecule has 2 aromatic carbocycles. The van der Waals surface area contributed by atoms with Crippen molar-refractivity contribution in [1.82, 2.24) is 4.90 Å². The molecule has 0 spiro atoms. The maximum Gasteiger partial charge on any atom is 0.0192 e. The first-order chi connectivity index (χ1) is 11.2. The quantitative estimate of drug-likeness (QED) is 0.712. The second-order valence-electron chi connectivity index (χ2n) is 7.05. The molecule has 1 nitrogen and oxygen atoms in total. The Balaban J connectivity index is 0.00000169. The Bertz CT molecular complexity index is 773. The van der Waals surface area contributed by atoms with E-state index >= 15 is 0 Å². The average Bonchev–Trinajstić information content (AvgIpc) is 2.88. The fourth-order valence-corrected chi connectivity index (χ4v) is 4.21. The predicted octanol–water partition coefficient (Wildman–Crippen LogP) is 5.35. The number of benzene rings is 2. The maximum atomic E-state index is 2.59. The molecule has 1 fully saturated rings. The first-order valence-electron chi connectivity index (χ1n) is 8.80. The highest BCUT2D eigenvalue weighted by Gasteiger charge is 2.35. The molecule has 2 aliphatic rings. The van der Waals surface area contributed by atoms with Gasteiger partial charge in [-0.15, -0.1) is 12.4 Å². The van der Waals surface area contributed by atoms with E-state index in [2.05, 4.69) is 68.1 Å². The third kappa shape index (κ3) is 2.81. The molecular weight excluding hydrogens is 314 g/mol. The van der Waals surface area contributed by atoms with E-state index in [4.69, 9.17) is 0 Å². The Kier molecular flexibility index (Phi) is 4.85. The Morgan fingerprint density at radius 1 is 1.00 bits per heavy atom. The monoisotopic (exact) mass is 339 g/mol. The molecule has 1 saturated heterocycles. The van der Waals surface area contributed by atoms with Gasteiger partial charge in [0.15, 0.2) is 0 Å². The maximum absolute atomic E-state index is 2.59. The molecule has 2 heteroatoms. The average molecular weight is 340 g/mol. The van der Waals surface area contributed by atoms with Crippen molar-refractivity contribution in [2.75, 3.05) is 19.6 Å². The third-order valence-corrected chi connectivity index (χ3v) is 5.52. The highest BCUT2D eigenvalue weighted by atomic mass is 35.5. The smallest absolute Gasteiger partial charge is 0.0192 e. The van der Waals surface area contributed by atoms with Gasteiger partial charge in [-0.05, 0) is 49.1 Å². The number of hydrogen-bond donors (Lipinski definition) is 0. The number of nitrogens with zero attached hydrogens (tertiary/aromatic N) is 1. The lowest BCUT2D eigenvalue weighted by Crippen LogP contribution is -2.34. The minimum atomic E-state index is 0. The SMILES string of the molecule is CCN1CCC2=C(c3ccc(C)cc3)c3cc(C)ccc3[C@H]2C1.Cl. The molecule has 1 heterocycles. The molecule has 4 rings (SSSR count). The lowest BCUT2D eigenvalue weighted by molar-refractivity contribution is 0.254. The van der Waals surface area contributed by atoms with Crippen molar-refractivity contribution in [3.05, 3.63) is 75.9 Å². The van der Waals surface area contributed by atoms with Gasteiger partial charge < -0.3 is 4.90 Å². The zero-order valence-electron chi connectivity index (χ0n) is 14.8. The summed E-state index contributed by atoms with van der Waals surface area (Å²) in [6, 6.07) is 16.1. The summed E-state index contributed by atoms with van der Waals surface area (Å²) < 4.78 is 0. The van der Waals surface area contributed by atoms with Crippen LogP contribution < -0.4 is 0 Å². The number of piperidine rings is 1. The number of hydrogen-bond acceptors (Lipinski definition) is 1. The Morgan fingerprint density at radius 2 is 1.71 bits per heavy atom.